The molecule has 2 aromatic rings. The Hall–Kier alpha value is -3.22. The smallest absolute Gasteiger partial charge is 0.209 e. The summed E-state index contributed by atoms with van der Waals surface area (Å²) in [6, 6.07) is 10.6. The number of nitrogens with zero attached hydrogens (tertiary/aromatic N) is 2. The fraction of sp³-hybridized carbons (Fsp3) is 0.333. The molecule has 4 rings (SSSR count). The Morgan fingerprint density at radius 1 is 1.06 bits per heavy atom. The van der Waals surface area contributed by atoms with Gasteiger partial charge in [0.25, 0.3) is 0 Å². The van der Waals surface area contributed by atoms with E-state index in [2.05, 4.69) is 49.3 Å². The van der Waals surface area contributed by atoms with Crippen molar-refractivity contribution >= 4 is 23.1 Å². The van der Waals surface area contributed by atoms with Crippen LogP contribution in [0.25, 0.3) is 0 Å². The maximum atomic E-state index is 11.4. The van der Waals surface area contributed by atoms with Crippen molar-refractivity contribution in [2.75, 3.05) is 19.0 Å². The third kappa shape index (κ3) is 3.50. The van der Waals surface area contributed by atoms with Crippen molar-refractivity contribution in [2.24, 2.45) is 0 Å². The Morgan fingerprint density at radius 2 is 1.76 bits per heavy atom. The van der Waals surface area contributed by atoms with Crippen LogP contribution in [0.15, 0.2) is 60.3 Å². The van der Waals surface area contributed by atoms with Crippen LogP contribution >= 0.6 is 0 Å². The Bertz CT molecular complexity index is 1250. The SMILES string of the molecule is CN1/C(=C\C=C\C2=[N+](C)c3ccc(C(=O)[O-])cc3C2(C)C)C(C)(C)c2cc(C(O)O)ccc21. The van der Waals surface area contributed by atoms with E-state index < -0.39 is 12.3 Å². The summed E-state index contributed by atoms with van der Waals surface area (Å²) in [4.78, 5) is 13.5. The molecule has 33 heavy (non-hydrogen) atoms. The van der Waals surface area contributed by atoms with Gasteiger partial charge in [0.2, 0.25) is 5.69 Å². The van der Waals surface area contributed by atoms with Gasteiger partial charge < -0.3 is 25.0 Å². The fourth-order valence-electron chi connectivity index (χ4n) is 5.21. The van der Waals surface area contributed by atoms with E-state index in [-0.39, 0.29) is 16.4 Å². The summed E-state index contributed by atoms with van der Waals surface area (Å²) in [5.74, 6) is -1.17. The molecule has 0 radical (unpaired) electrons. The highest BCUT2D eigenvalue weighted by molar-refractivity contribution is 6.03. The van der Waals surface area contributed by atoms with Gasteiger partial charge in [-0.25, -0.2) is 0 Å². The summed E-state index contributed by atoms with van der Waals surface area (Å²) in [7, 11) is 4.00. The van der Waals surface area contributed by atoms with E-state index in [0.29, 0.717) is 5.56 Å². The number of hydrogen-bond acceptors (Lipinski definition) is 5. The van der Waals surface area contributed by atoms with Crippen LogP contribution in [0.1, 0.15) is 61.0 Å². The highest BCUT2D eigenvalue weighted by Crippen LogP contribution is 2.47. The van der Waals surface area contributed by atoms with Gasteiger partial charge in [-0.3, -0.25) is 0 Å². The lowest BCUT2D eigenvalue weighted by molar-refractivity contribution is -0.401. The highest BCUT2D eigenvalue weighted by Gasteiger charge is 2.43. The minimum Gasteiger partial charge on any atom is -0.545 e. The number of aromatic carboxylic acids is 1. The van der Waals surface area contributed by atoms with Crippen molar-refractivity contribution in [3.63, 3.8) is 0 Å². The number of carbonyl (C=O) groups excluding carboxylic acids is 1. The monoisotopic (exact) mass is 446 g/mol. The first-order valence-corrected chi connectivity index (χ1v) is 11.0. The lowest BCUT2D eigenvalue weighted by Gasteiger charge is -2.24. The molecule has 0 bridgehead atoms. The minimum atomic E-state index is -1.50. The Labute approximate surface area is 194 Å². The van der Waals surface area contributed by atoms with Gasteiger partial charge in [-0.15, -0.1) is 0 Å². The van der Waals surface area contributed by atoms with Crippen LogP contribution in [0, 0.1) is 0 Å². The summed E-state index contributed by atoms with van der Waals surface area (Å²) in [6.45, 7) is 8.42. The van der Waals surface area contributed by atoms with E-state index in [0.717, 1.165) is 33.9 Å². The van der Waals surface area contributed by atoms with E-state index in [1.807, 2.05) is 38.4 Å². The third-order valence-corrected chi connectivity index (χ3v) is 7.13. The molecule has 6 nitrogen and oxygen atoms in total. The van der Waals surface area contributed by atoms with Crippen molar-refractivity contribution < 1.29 is 24.7 Å². The lowest BCUT2D eigenvalue weighted by Crippen LogP contribution is -2.27. The molecule has 172 valence electrons. The van der Waals surface area contributed by atoms with Crippen molar-refractivity contribution in [2.45, 2.75) is 44.8 Å². The van der Waals surface area contributed by atoms with Gasteiger partial charge in [0.15, 0.2) is 12.0 Å². The highest BCUT2D eigenvalue weighted by atomic mass is 16.5. The second-order valence-corrected chi connectivity index (χ2v) is 9.83. The summed E-state index contributed by atoms with van der Waals surface area (Å²) in [6.07, 6.45) is 4.68. The zero-order valence-corrected chi connectivity index (χ0v) is 19.9. The average Bonchev–Trinajstić information content (AvgIpc) is 3.06. The molecule has 2 aliphatic rings. The first-order chi connectivity index (χ1) is 15.4. The molecule has 0 atom stereocenters. The molecule has 0 fully saturated rings. The zero-order valence-electron chi connectivity index (χ0n) is 19.9. The van der Waals surface area contributed by atoms with E-state index in [9.17, 15) is 20.1 Å². The molecule has 0 aromatic heterocycles. The predicted molar refractivity (Wildman–Crippen MR) is 127 cm³/mol. The average molecular weight is 447 g/mol. The van der Waals surface area contributed by atoms with Gasteiger partial charge in [-0.1, -0.05) is 26.0 Å². The van der Waals surface area contributed by atoms with Crippen LogP contribution in [0.3, 0.4) is 0 Å². The van der Waals surface area contributed by atoms with Crippen LogP contribution in [0.2, 0.25) is 0 Å². The number of aliphatic hydroxyl groups is 2. The molecular formula is C27H30N2O4. The molecule has 2 heterocycles. The van der Waals surface area contributed by atoms with Gasteiger partial charge in [0.1, 0.15) is 7.05 Å². The number of fused-ring (bicyclic) bond motifs is 2. The van der Waals surface area contributed by atoms with Crippen molar-refractivity contribution in [1.29, 1.82) is 0 Å². The lowest BCUT2D eigenvalue weighted by atomic mass is 9.80. The number of allylic oxidation sites excluding steroid dienone is 4. The maximum Gasteiger partial charge on any atom is 0.209 e. The van der Waals surface area contributed by atoms with Crippen LogP contribution in [-0.2, 0) is 10.8 Å². The van der Waals surface area contributed by atoms with Crippen molar-refractivity contribution in [1.82, 2.24) is 0 Å². The van der Waals surface area contributed by atoms with E-state index in [1.54, 1.807) is 18.2 Å². The number of likely N-dealkylation sites (N-methyl/N-ethyl adjacent to an activating group) is 1. The van der Waals surface area contributed by atoms with Crippen molar-refractivity contribution in [3.8, 4) is 0 Å². The van der Waals surface area contributed by atoms with Crippen LogP contribution < -0.4 is 10.0 Å². The first-order valence-electron chi connectivity index (χ1n) is 11.0. The molecule has 0 spiro atoms. The molecule has 0 saturated carbocycles. The number of hydrogen-bond donors (Lipinski definition) is 2. The molecule has 6 heteroatoms. The molecule has 0 unspecified atom stereocenters. The summed E-state index contributed by atoms with van der Waals surface area (Å²) >= 11 is 0. The Morgan fingerprint density at radius 3 is 2.39 bits per heavy atom. The Kier molecular flexibility index (Phi) is 5.34. The molecular weight excluding hydrogens is 416 g/mol. The predicted octanol–water partition coefficient (Wildman–Crippen LogP) is 2.91. The van der Waals surface area contributed by atoms with Crippen LogP contribution in [-0.4, -0.2) is 40.6 Å². The van der Waals surface area contributed by atoms with Gasteiger partial charge >= 0.3 is 0 Å². The number of benzene rings is 2. The standard InChI is InChI=1S/C27H30N2O4/c1-26(2)18-14-16(24(30)31)10-12-20(18)28(5)22(26)8-7-9-23-27(3,4)19-15-17(25(32)33)11-13-21(19)29(23)6/h7-15,24,30-31H,1-6H3. The topological polar surface area (TPSA) is 86.8 Å². The minimum absolute atomic E-state index is 0.182. The summed E-state index contributed by atoms with van der Waals surface area (Å²) in [5.41, 5.74) is 6.16. The zero-order chi connectivity index (χ0) is 24.3. The quantitative estimate of drug-likeness (QED) is 0.557. The number of aliphatic hydroxyl groups excluding tert-OH is 1. The summed E-state index contributed by atoms with van der Waals surface area (Å²) in [5, 5.41) is 30.5. The van der Waals surface area contributed by atoms with Gasteiger partial charge in [0.05, 0.1) is 11.4 Å². The molecule has 2 aromatic carbocycles. The Balaban J connectivity index is 1.69. The van der Waals surface area contributed by atoms with Gasteiger partial charge in [-0.05, 0) is 55.3 Å². The fourth-order valence-corrected chi connectivity index (χ4v) is 5.21. The second-order valence-electron chi connectivity index (χ2n) is 9.83. The number of carbonyl (C=O) groups is 1. The summed E-state index contributed by atoms with van der Waals surface area (Å²) < 4.78 is 2.09. The number of carboxylic acid groups (broad SMARTS) is 1. The van der Waals surface area contributed by atoms with Crippen molar-refractivity contribution in [3.05, 3.63) is 82.6 Å². The largest absolute Gasteiger partial charge is 0.545 e. The van der Waals surface area contributed by atoms with E-state index in [1.165, 1.54) is 0 Å². The van der Waals surface area contributed by atoms with Crippen LogP contribution in [0.5, 0.6) is 0 Å². The van der Waals surface area contributed by atoms with Crippen LogP contribution in [0.4, 0.5) is 11.4 Å². The molecule has 2 aliphatic heterocycles. The molecule has 0 aliphatic carbocycles. The van der Waals surface area contributed by atoms with E-state index in [4.69, 9.17) is 0 Å². The molecule has 2 N–H and O–H groups in total. The third-order valence-electron chi connectivity index (χ3n) is 7.13. The first kappa shape index (κ1) is 23.0. The van der Waals surface area contributed by atoms with E-state index >= 15 is 0 Å². The van der Waals surface area contributed by atoms with Gasteiger partial charge in [0, 0.05) is 47.1 Å². The number of rotatable bonds is 4. The number of carboxylic acids is 1. The molecule has 0 amide bonds. The second kappa shape index (κ2) is 7.68. The normalized spacial score (nSPS) is 19.7. The van der Waals surface area contributed by atoms with Gasteiger partial charge in [-0.2, -0.15) is 4.58 Å². The molecule has 0 saturated heterocycles. The maximum absolute atomic E-state index is 11.4. The number of anilines is 1.